The first-order chi connectivity index (χ1) is 14.5. The maximum Gasteiger partial charge on any atom is 0.253 e. The molecule has 0 aliphatic carbocycles. The van der Waals surface area contributed by atoms with Crippen molar-refractivity contribution in [1.29, 1.82) is 0 Å². The van der Waals surface area contributed by atoms with Crippen molar-refractivity contribution >= 4 is 46.1 Å². The summed E-state index contributed by atoms with van der Waals surface area (Å²) in [7, 11) is 1.63. The first-order valence-corrected chi connectivity index (χ1v) is 10.2. The molecule has 0 saturated heterocycles. The summed E-state index contributed by atoms with van der Waals surface area (Å²) in [5.74, 6) is 0.201. The van der Waals surface area contributed by atoms with Gasteiger partial charge in [0.1, 0.15) is 6.04 Å². The Labute approximate surface area is 179 Å². The van der Waals surface area contributed by atoms with Crippen LogP contribution in [0.3, 0.4) is 0 Å². The lowest BCUT2D eigenvalue weighted by Gasteiger charge is -2.16. The molecule has 30 heavy (non-hydrogen) atoms. The largest absolute Gasteiger partial charge is 0.385 e. The molecular formula is C22H23ClN4O3. The number of benzene rings is 2. The number of anilines is 2. The van der Waals surface area contributed by atoms with Gasteiger partial charge < -0.3 is 10.1 Å². The minimum absolute atomic E-state index is 0.0128. The van der Waals surface area contributed by atoms with E-state index >= 15 is 0 Å². The summed E-state index contributed by atoms with van der Waals surface area (Å²) in [5.41, 5.74) is 3.07. The monoisotopic (exact) mass is 426 g/mol. The normalized spacial score (nSPS) is 15.6. The van der Waals surface area contributed by atoms with Crippen molar-refractivity contribution in [3.63, 3.8) is 0 Å². The second-order valence-electron chi connectivity index (χ2n) is 7.29. The van der Waals surface area contributed by atoms with Crippen molar-refractivity contribution in [3.8, 4) is 0 Å². The predicted molar refractivity (Wildman–Crippen MR) is 117 cm³/mol. The number of para-hydroxylation sites is 2. The van der Waals surface area contributed by atoms with E-state index in [1.807, 2.05) is 35.8 Å². The molecule has 1 atom stereocenters. The third-order valence-corrected chi connectivity index (χ3v) is 5.74. The Balaban J connectivity index is 1.62. The van der Waals surface area contributed by atoms with Gasteiger partial charge in [0.25, 0.3) is 5.91 Å². The number of carbonyl (C=O) groups is 2. The number of ether oxygens (including phenoxy) is 1. The van der Waals surface area contributed by atoms with E-state index in [0.29, 0.717) is 36.2 Å². The Hall–Kier alpha value is -2.90. The van der Waals surface area contributed by atoms with Crippen molar-refractivity contribution in [2.24, 2.45) is 0 Å². The zero-order valence-electron chi connectivity index (χ0n) is 16.9. The van der Waals surface area contributed by atoms with Gasteiger partial charge in [0, 0.05) is 31.0 Å². The maximum atomic E-state index is 13.2. The van der Waals surface area contributed by atoms with Crippen LogP contribution in [-0.2, 0) is 14.3 Å². The van der Waals surface area contributed by atoms with Crippen molar-refractivity contribution < 1.29 is 14.3 Å². The van der Waals surface area contributed by atoms with Gasteiger partial charge in [-0.05, 0) is 43.2 Å². The minimum Gasteiger partial charge on any atom is -0.385 e. The lowest BCUT2D eigenvalue weighted by molar-refractivity contribution is -0.124. The van der Waals surface area contributed by atoms with Gasteiger partial charge >= 0.3 is 0 Å². The molecule has 2 heterocycles. The Morgan fingerprint density at radius 2 is 2.03 bits per heavy atom. The Bertz CT molecular complexity index is 1110. The van der Waals surface area contributed by atoms with E-state index in [0.717, 1.165) is 16.6 Å². The number of hydrogen-bond donors (Lipinski definition) is 1. The molecule has 1 aliphatic rings. The van der Waals surface area contributed by atoms with Gasteiger partial charge in [0.05, 0.1) is 17.5 Å². The van der Waals surface area contributed by atoms with Crippen LogP contribution in [0.2, 0.25) is 5.02 Å². The van der Waals surface area contributed by atoms with E-state index in [9.17, 15) is 9.59 Å². The second-order valence-corrected chi connectivity index (χ2v) is 7.69. The molecule has 1 aliphatic heterocycles. The minimum atomic E-state index is -0.644. The zero-order chi connectivity index (χ0) is 21.3. The van der Waals surface area contributed by atoms with E-state index in [1.165, 1.54) is 0 Å². The summed E-state index contributed by atoms with van der Waals surface area (Å²) < 4.78 is 6.99. The van der Waals surface area contributed by atoms with Crippen LogP contribution < -0.4 is 10.2 Å². The molecule has 0 radical (unpaired) electrons. The molecule has 1 unspecified atom stereocenters. The Kier molecular flexibility index (Phi) is 5.74. The molecule has 2 aromatic carbocycles. The quantitative estimate of drug-likeness (QED) is 0.580. The zero-order valence-corrected chi connectivity index (χ0v) is 17.6. The van der Waals surface area contributed by atoms with Crippen LogP contribution >= 0.6 is 11.6 Å². The lowest BCUT2D eigenvalue weighted by atomic mass is 10.1. The number of amides is 2. The number of methoxy groups -OCH3 is 1. The van der Waals surface area contributed by atoms with Gasteiger partial charge in [-0.1, -0.05) is 29.8 Å². The fourth-order valence-corrected chi connectivity index (χ4v) is 3.97. The SMILES string of the molecule is COCCCN1C(=O)C(CC(=O)Nc2cccc(Cl)c2C)n2c1nc1ccccc12. The number of imidazole rings is 1. The number of hydrogen-bond acceptors (Lipinski definition) is 4. The summed E-state index contributed by atoms with van der Waals surface area (Å²) in [6.07, 6.45) is 0.699. The molecule has 0 bridgehead atoms. The standard InChI is InChI=1S/C22H23ClN4O3/c1-14-15(23)7-5-9-16(14)24-20(28)13-19-21(29)26(11-6-12-30-2)22-25-17-8-3-4-10-18(17)27(19)22/h3-5,7-10,19H,6,11-13H2,1-2H3,(H,24,28). The van der Waals surface area contributed by atoms with Gasteiger partial charge in [-0.25, -0.2) is 4.98 Å². The molecular weight excluding hydrogens is 404 g/mol. The fourth-order valence-electron chi connectivity index (χ4n) is 3.79. The van der Waals surface area contributed by atoms with E-state index in [1.54, 1.807) is 30.2 Å². The highest BCUT2D eigenvalue weighted by molar-refractivity contribution is 6.31. The van der Waals surface area contributed by atoms with Gasteiger partial charge in [0.2, 0.25) is 11.9 Å². The van der Waals surface area contributed by atoms with Crippen molar-refractivity contribution in [1.82, 2.24) is 9.55 Å². The van der Waals surface area contributed by atoms with Crippen molar-refractivity contribution in [2.45, 2.75) is 25.8 Å². The molecule has 7 nitrogen and oxygen atoms in total. The molecule has 1 aromatic heterocycles. The molecule has 1 N–H and O–H groups in total. The van der Waals surface area contributed by atoms with E-state index in [-0.39, 0.29) is 18.2 Å². The van der Waals surface area contributed by atoms with Crippen LogP contribution in [0.15, 0.2) is 42.5 Å². The highest BCUT2D eigenvalue weighted by atomic mass is 35.5. The number of halogens is 1. The molecule has 4 rings (SSSR count). The van der Waals surface area contributed by atoms with Crippen LogP contribution in [0.4, 0.5) is 11.6 Å². The fraction of sp³-hybridized carbons (Fsp3) is 0.318. The highest BCUT2D eigenvalue weighted by Crippen LogP contribution is 2.36. The summed E-state index contributed by atoms with van der Waals surface area (Å²) >= 11 is 6.15. The summed E-state index contributed by atoms with van der Waals surface area (Å²) in [5, 5.41) is 3.47. The predicted octanol–water partition coefficient (Wildman–Crippen LogP) is 3.95. The van der Waals surface area contributed by atoms with Crippen LogP contribution in [0.5, 0.6) is 0 Å². The summed E-state index contributed by atoms with van der Waals surface area (Å²) in [6, 6.07) is 12.3. The van der Waals surface area contributed by atoms with Gasteiger partial charge in [-0.2, -0.15) is 0 Å². The first kappa shape index (κ1) is 20.4. The lowest BCUT2D eigenvalue weighted by Crippen LogP contribution is -2.32. The Morgan fingerprint density at radius 1 is 1.23 bits per heavy atom. The van der Waals surface area contributed by atoms with Crippen LogP contribution in [-0.4, -0.2) is 41.6 Å². The van der Waals surface area contributed by atoms with Crippen LogP contribution in [0.25, 0.3) is 11.0 Å². The molecule has 0 saturated carbocycles. The molecule has 2 amide bonds. The highest BCUT2D eigenvalue weighted by Gasteiger charge is 2.40. The second kappa shape index (κ2) is 8.45. The van der Waals surface area contributed by atoms with Gasteiger partial charge in [-0.3, -0.25) is 19.1 Å². The summed E-state index contributed by atoms with van der Waals surface area (Å²) in [4.78, 5) is 32.3. The van der Waals surface area contributed by atoms with Crippen molar-refractivity contribution in [2.75, 3.05) is 30.5 Å². The number of rotatable bonds is 7. The van der Waals surface area contributed by atoms with E-state index < -0.39 is 6.04 Å². The number of fused-ring (bicyclic) bond motifs is 3. The van der Waals surface area contributed by atoms with E-state index in [2.05, 4.69) is 10.3 Å². The average molecular weight is 427 g/mol. The maximum absolute atomic E-state index is 13.2. The molecule has 8 heteroatoms. The Morgan fingerprint density at radius 3 is 2.83 bits per heavy atom. The van der Waals surface area contributed by atoms with Gasteiger partial charge in [0.15, 0.2) is 0 Å². The molecule has 3 aromatic rings. The van der Waals surface area contributed by atoms with E-state index in [4.69, 9.17) is 16.3 Å². The van der Waals surface area contributed by atoms with Gasteiger partial charge in [-0.15, -0.1) is 0 Å². The topological polar surface area (TPSA) is 76.5 Å². The first-order valence-electron chi connectivity index (χ1n) is 9.83. The molecule has 0 spiro atoms. The number of nitrogens with zero attached hydrogens (tertiary/aromatic N) is 3. The third kappa shape index (κ3) is 3.66. The average Bonchev–Trinajstić information content (AvgIpc) is 3.22. The molecule has 0 fully saturated rings. The van der Waals surface area contributed by atoms with Crippen molar-refractivity contribution in [3.05, 3.63) is 53.1 Å². The number of aromatic nitrogens is 2. The third-order valence-electron chi connectivity index (χ3n) is 5.33. The number of nitrogens with one attached hydrogen (secondary N) is 1. The van der Waals surface area contributed by atoms with Crippen LogP contribution in [0.1, 0.15) is 24.4 Å². The van der Waals surface area contributed by atoms with Crippen LogP contribution in [0, 0.1) is 6.92 Å². The summed E-state index contributed by atoms with van der Waals surface area (Å²) in [6.45, 7) is 2.88. The molecule has 156 valence electrons. The smallest absolute Gasteiger partial charge is 0.253 e. The number of carbonyl (C=O) groups excluding carboxylic acids is 2.